The number of amides is 1. The molecular weight excluding hydrogens is 400 g/mol. The van der Waals surface area contributed by atoms with Crippen LogP contribution in [0.15, 0.2) is 10.7 Å². The van der Waals surface area contributed by atoms with E-state index in [1.165, 1.54) is 6.26 Å². The van der Waals surface area contributed by atoms with Crippen LogP contribution in [0.3, 0.4) is 0 Å². The van der Waals surface area contributed by atoms with Crippen LogP contribution in [0, 0.1) is 18.3 Å². The van der Waals surface area contributed by atoms with E-state index < -0.39 is 5.97 Å². The topological polar surface area (TPSA) is 108 Å². The van der Waals surface area contributed by atoms with E-state index in [-0.39, 0.29) is 29.5 Å². The van der Waals surface area contributed by atoms with Crippen LogP contribution in [0.5, 0.6) is 0 Å². The molecule has 0 unspecified atom stereocenters. The van der Waals surface area contributed by atoms with E-state index in [1.807, 2.05) is 13.8 Å². The first-order chi connectivity index (χ1) is 14.9. The number of nitrogens with zero attached hydrogens (tertiary/aromatic N) is 3. The van der Waals surface area contributed by atoms with Gasteiger partial charge in [-0.25, -0.2) is 9.78 Å². The Kier molecular flexibility index (Phi) is 6.13. The third kappa shape index (κ3) is 4.51. The minimum Gasteiger partial charge on any atom is -0.461 e. The Labute approximate surface area is 181 Å². The number of hydrogen-bond acceptors (Lipinski definition) is 7. The standard InChI is InChI=1S/C22H30N4O5/c1-4-26-19-16(10-22(13-23-20(19)27)5-7-29-8-6-22)17(25-26)9-14(2)11-31-21(28)18-12-30-15(3)24-18/h12,14H,4-11,13H2,1-3H3,(H,23,27)/t14-/m1/s1. The highest BCUT2D eigenvalue weighted by atomic mass is 16.5. The molecule has 0 radical (unpaired) electrons. The fourth-order valence-electron chi connectivity index (χ4n) is 4.47. The summed E-state index contributed by atoms with van der Waals surface area (Å²) in [6.45, 7) is 8.65. The van der Waals surface area contributed by atoms with Gasteiger partial charge in [0.05, 0.1) is 12.3 Å². The van der Waals surface area contributed by atoms with Crippen molar-refractivity contribution in [3.8, 4) is 0 Å². The van der Waals surface area contributed by atoms with Gasteiger partial charge in [0.1, 0.15) is 12.0 Å². The SMILES string of the molecule is CCn1nc(C[C@@H](C)COC(=O)c2coc(C)n2)c2c1C(=O)NCC1(CCOCC1)C2. The van der Waals surface area contributed by atoms with Gasteiger partial charge >= 0.3 is 5.97 Å². The average Bonchev–Trinajstić information content (AvgIpc) is 3.31. The van der Waals surface area contributed by atoms with Gasteiger partial charge in [-0.15, -0.1) is 0 Å². The van der Waals surface area contributed by atoms with Crippen molar-refractivity contribution in [1.82, 2.24) is 20.1 Å². The minimum absolute atomic E-state index is 0.00995. The van der Waals surface area contributed by atoms with Crippen LogP contribution < -0.4 is 5.32 Å². The quantitative estimate of drug-likeness (QED) is 0.701. The van der Waals surface area contributed by atoms with Crippen LogP contribution in [-0.2, 0) is 28.9 Å². The van der Waals surface area contributed by atoms with Crippen LogP contribution in [-0.4, -0.2) is 53.0 Å². The molecule has 9 nitrogen and oxygen atoms in total. The van der Waals surface area contributed by atoms with Gasteiger partial charge in [-0.1, -0.05) is 6.92 Å². The number of oxazole rings is 1. The number of rotatable bonds is 6. The zero-order valence-electron chi connectivity index (χ0n) is 18.4. The minimum atomic E-state index is -0.498. The molecular formula is C22H30N4O5. The molecule has 4 heterocycles. The highest BCUT2D eigenvalue weighted by Crippen LogP contribution is 2.38. The van der Waals surface area contributed by atoms with E-state index in [4.69, 9.17) is 19.0 Å². The summed E-state index contributed by atoms with van der Waals surface area (Å²) in [5.74, 6) is -0.0899. The number of esters is 1. The molecule has 1 amide bonds. The summed E-state index contributed by atoms with van der Waals surface area (Å²) in [5.41, 5.74) is 2.80. The lowest BCUT2D eigenvalue weighted by Crippen LogP contribution is -2.40. The van der Waals surface area contributed by atoms with Gasteiger partial charge in [-0.05, 0) is 43.9 Å². The third-order valence-electron chi connectivity index (χ3n) is 6.25. The maximum Gasteiger partial charge on any atom is 0.360 e. The van der Waals surface area contributed by atoms with Crippen molar-refractivity contribution < 1.29 is 23.5 Å². The van der Waals surface area contributed by atoms with Gasteiger partial charge in [-0.3, -0.25) is 9.48 Å². The van der Waals surface area contributed by atoms with E-state index in [0.29, 0.717) is 31.1 Å². The lowest BCUT2D eigenvalue weighted by atomic mass is 9.75. The van der Waals surface area contributed by atoms with Crippen LogP contribution in [0.4, 0.5) is 0 Å². The monoisotopic (exact) mass is 430 g/mol. The van der Waals surface area contributed by atoms with Crippen LogP contribution in [0.1, 0.15) is 64.8 Å². The second kappa shape index (κ2) is 8.82. The molecule has 1 spiro atoms. The average molecular weight is 431 g/mol. The lowest BCUT2D eigenvalue weighted by Gasteiger charge is -2.36. The summed E-state index contributed by atoms with van der Waals surface area (Å²) < 4.78 is 17.9. The van der Waals surface area contributed by atoms with Gasteiger partial charge in [0.2, 0.25) is 0 Å². The number of carbonyl (C=O) groups is 2. The van der Waals surface area contributed by atoms with Gasteiger partial charge in [0, 0.05) is 38.8 Å². The van der Waals surface area contributed by atoms with Crippen molar-refractivity contribution in [2.45, 2.75) is 53.0 Å². The van der Waals surface area contributed by atoms with Crippen LogP contribution in [0.2, 0.25) is 0 Å². The molecule has 2 aliphatic rings. The van der Waals surface area contributed by atoms with Gasteiger partial charge in [0.25, 0.3) is 5.91 Å². The van der Waals surface area contributed by atoms with Crippen LogP contribution >= 0.6 is 0 Å². The zero-order valence-corrected chi connectivity index (χ0v) is 18.4. The first-order valence-corrected chi connectivity index (χ1v) is 10.9. The summed E-state index contributed by atoms with van der Waals surface area (Å²) in [7, 11) is 0. The van der Waals surface area contributed by atoms with E-state index in [1.54, 1.807) is 11.6 Å². The highest BCUT2D eigenvalue weighted by Gasteiger charge is 2.39. The number of aromatic nitrogens is 3. The number of aryl methyl sites for hydroxylation is 2. The van der Waals surface area contributed by atoms with Gasteiger partial charge < -0.3 is 19.2 Å². The lowest BCUT2D eigenvalue weighted by molar-refractivity contribution is 0.0160. The summed E-state index contributed by atoms with van der Waals surface area (Å²) in [6.07, 6.45) is 4.59. The van der Waals surface area contributed by atoms with Crippen molar-refractivity contribution in [1.29, 1.82) is 0 Å². The van der Waals surface area contributed by atoms with Crippen molar-refractivity contribution in [2.75, 3.05) is 26.4 Å². The largest absolute Gasteiger partial charge is 0.461 e. The Morgan fingerprint density at radius 1 is 1.39 bits per heavy atom. The fourth-order valence-corrected chi connectivity index (χ4v) is 4.47. The molecule has 2 aromatic rings. The second-order valence-corrected chi connectivity index (χ2v) is 8.72. The summed E-state index contributed by atoms with van der Waals surface area (Å²) >= 11 is 0. The highest BCUT2D eigenvalue weighted by molar-refractivity contribution is 5.94. The maximum atomic E-state index is 12.9. The number of carbonyl (C=O) groups excluding carboxylic acids is 2. The number of ether oxygens (including phenoxy) is 2. The van der Waals surface area contributed by atoms with Crippen molar-refractivity contribution in [3.05, 3.63) is 34.8 Å². The molecule has 1 N–H and O–H groups in total. The Morgan fingerprint density at radius 2 is 2.16 bits per heavy atom. The van der Waals surface area contributed by atoms with Crippen molar-refractivity contribution in [2.24, 2.45) is 11.3 Å². The van der Waals surface area contributed by atoms with Crippen molar-refractivity contribution >= 4 is 11.9 Å². The Bertz CT molecular complexity index is 957. The van der Waals surface area contributed by atoms with Gasteiger partial charge in [0.15, 0.2) is 11.6 Å². The Hall–Kier alpha value is -2.68. The third-order valence-corrected chi connectivity index (χ3v) is 6.25. The summed E-state index contributed by atoms with van der Waals surface area (Å²) in [5, 5.41) is 7.89. The van der Waals surface area contributed by atoms with Crippen LogP contribution in [0.25, 0.3) is 0 Å². The summed E-state index contributed by atoms with van der Waals surface area (Å²) in [6, 6.07) is 0. The first kappa shape index (κ1) is 21.5. The molecule has 1 fully saturated rings. The maximum absolute atomic E-state index is 12.9. The van der Waals surface area contributed by atoms with E-state index in [2.05, 4.69) is 10.3 Å². The zero-order chi connectivity index (χ0) is 22.0. The number of nitrogens with one attached hydrogen (secondary N) is 1. The van der Waals surface area contributed by atoms with E-state index in [0.717, 1.165) is 43.7 Å². The predicted molar refractivity (Wildman–Crippen MR) is 111 cm³/mol. The molecule has 168 valence electrons. The molecule has 9 heteroatoms. The molecule has 1 saturated heterocycles. The molecule has 1 atom stereocenters. The Balaban J connectivity index is 1.50. The molecule has 31 heavy (non-hydrogen) atoms. The van der Waals surface area contributed by atoms with Crippen molar-refractivity contribution in [3.63, 3.8) is 0 Å². The fraction of sp³-hybridized carbons (Fsp3) is 0.636. The molecule has 0 saturated carbocycles. The van der Waals surface area contributed by atoms with Gasteiger partial charge in [-0.2, -0.15) is 5.10 Å². The molecule has 2 aliphatic heterocycles. The first-order valence-electron chi connectivity index (χ1n) is 10.9. The molecule has 0 aliphatic carbocycles. The molecule has 0 bridgehead atoms. The van der Waals surface area contributed by atoms with E-state index >= 15 is 0 Å². The molecule has 2 aromatic heterocycles. The smallest absolute Gasteiger partial charge is 0.360 e. The number of fused-ring (bicyclic) bond motifs is 1. The molecule has 0 aromatic carbocycles. The van der Waals surface area contributed by atoms with E-state index in [9.17, 15) is 9.59 Å². The molecule has 4 rings (SSSR count). The normalized spacial score (nSPS) is 18.9. The second-order valence-electron chi connectivity index (χ2n) is 8.72. The number of hydrogen-bond donors (Lipinski definition) is 1. The Morgan fingerprint density at radius 3 is 2.84 bits per heavy atom. The predicted octanol–water partition coefficient (Wildman–Crippen LogP) is 2.32. The summed E-state index contributed by atoms with van der Waals surface area (Å²) in [4.78, 5) is 29.1.